The molecule has 0 heterocycles. The maximum atomic E-state index is 12.3. The van der Waals surface area contributed by atoms with Crippen LogP contribution in [0.15, 0.2) is 36.4 Å². The van der Waals surface area contributed by atoms with Crippen LogP contribution in [0.1, 0.15) is 96.8 Å². The molecule has 1 aromatic carbocycles. The number of benzene rings is 1. The summed E-state index contributed by atoms with van der Waals surface area (Å²) in [5.41, 5.74) is 0.967. The Kier molecular flexibility index (Phi) is 16.8. The van der Waals surface area contributed by atoms with Crippen LogP contribution in [0.4, 0.5) is 11.4 Å². The molecule has 35 heavy (non-hydrogen) atoms. The van der Waals surface area contributed by atoms with E-state index < -0.39 is 25.0 Å². The van der Waals surface area contributed by atoms with E-state index in [4.69, 9.17) is 10.2 Å². The van der Waals surface area contributed by atoms with E-state index >= 15 is 0 Å². The number of carbonyl (C=O) groups is 3. The molecule has 0 saturated heterocycles. The maximum Gasteiger partial charge on any atom is 0.323 e. The minimum Gasteiger partial charge on any atom is -0.480 e. The predicted octanol–water partition coefficient (Wildman–Crippen LogP) is 6.64. The molecular formula is C28H44N2O5. The van der Waals surface area contributed by atoms with Gasteiger partial charge < -0.3 is 20.4 Å². The maximum absolute atomic E-state index is 12.3. The molecule has 0 fully saturated rings. The molecule has 0 spiro atoms. The lowest BCUT2D eigenvalue weighted by molar-refractivity contribution is -0.136. The Hall–Kier alpha value is -2.83. The lowest BCUT2D eigenvalue weighted by Crippen LogP contribution is -2.34. The second kappa shape index (κ2) is 19.5. The van der Waals surface area contributed by atoms with Crippen molar-refractivity contribution in [3.63, 3.8) is 0 Å². The van der Waals surface area contributed by atoms with Crippen LogP contribution in [0.25, 0.3) is 0 Å². The number of nitrogens with zero attached hydrogens (tertiary/aromatic N) is 1. The van der Waals surface area contributed by atoms with Gasteiger partial charge in [0.2, 0.25) is 5.91 Å². The van der Waals surface area contributed by atoms with Gasteiger partial charge in [-0.05, 0) is 50.3 Å². The highest BCUT2D eigenvalue weighted by Gasteiger charge is 2.15. The minimum atomic E-state index is -1.12. The lowest BCUT2D eigenvalue weighted by Gasteiger charge is -2.21. The van der Waals surface area contributed by atoms with Crippen LogP contribution < -0.4 is 10.2 Å². The first-order chi connectivity index (χ1) is 16.9. The van der Waals surface area contributed by atoms with Gasteiger partial charge >= 0.3 is 11.9 Å². The Morgan fingerprint density at radius 3 is 1.91 bits per heavy atom. The Labute approximate surface area is 210 Å². The number of unbranched alkanes of at least 4 members (excludes halogenated alkanes) is 11. The van der Waals surface area contributed by atoms with Gasteiger partial charge in [0.15, 0.2) is 0 Å². The Balaban J connectivity index is 2.17. The van der Waals surface area contributed by atoms with E-state index in [1.54, 1.807) is 24.3 Å². The SMILES string of the molecule is CCCCCCCC/C=C\CCCCCCCC(=O)Nc1cccc(N(CC(=O)O)CC(=O)O)c1. The van der Waals surface area contributed by atoms with Crippen molar-refractivity contribution >= 4 is 29.2 Å². The summed E-state index contributed by atoms with van der Waals surface area (Å²) in [5.74, 6) is -2.34. The van der Waals surface area contributed by atoms with Gasteiger partial charge in [-0.15, -0.1) is 0 Å². The van der Waals surface area contributed by atoms with Gasteiger partial charge in [-0.2, -0.15) is 0 Å². The zero-order valence-corrected chi connectivity index (χ0v) is 21.3. The number of allylic oxidation sites excluding steroid dienone is 2. The Bertz CT molecular complexity index is 762. The largest absolute Gasteiger partial charge is 0.480 e. The molecule has 1 aromatic rings. The number of rotatable bonds is 21. The van der Waals surface area contributed by atoms with Crippen molar-refractivity contribution in [1.82, 2.24) is 0 Å². The number of hydrogen-bond donors (Lipinski definition) is 3. The molecule has 0 aliphatic heterocycles. The highest BCUT2D eigenvalue weighted by Crippen LogP contribution is 2.20. The number of amides is 1. The summed E-state index contributed by atoms with van der Waals surface area (Å²) in [6.07, 6.45) is 20.7. The molecular weight excluding hydrogens is 444 g/mol. The molecule has 3 N–H and O–H groups in total. The topological polar surface area (TPSA) is 107 Å². The Morgan fingerprint density at radius 2 is 1.34 bits per heavy atom. The number of carboxylic acid groups (broad SMARTS) is 2. The van der Waals surface area contributed by atoms with E-state index in [0.717, 1.165) is 25.7 Å². The van der Waals surface area contributed by atoms with E-state index in [1.807, 2.05) is 0 Å². The summed E-state index contributed by atoms with van der Waals surface area (Å²) < 4.78 is 0. The minimum absolute atomic E-state index is 0.0946. The fraction of sp³-hybridized carbons (Fsp3) is 0.607. The fourth-order valence-electron chi connectivity index (χ4n) is 3.93. The summed E-state index contributed by atoms with van der Waals surface area (Å²) in [6, 6.07) is 6.61. The van der Waals surface area contributed by atoms with Crippen molar-refractivity contribution < 1.29 is 24.6 Å². The van der Waals surface area contributed by atoms with E-state index in [1.165, 1.54) is 62.7 Å². The quantitative estimate of drug-likeness (QED) is 0.132. The van der Waals surface area contributed by atoms with Gasteiger partial charge in [0, 0.05) is 17.8 Å². The highest BCUT2D eigenvalue weighted by atomic mass is 16.4. The molecule has 0 radical (unpaired) electrons. The summed E-state index contributed by atoms with van der Waals surface area (Å²) in [6.45, 7) is 1.38. The molecule has 196 valence electrons. The van der Waals surface area contributed by atoms with Crippen LogP contribution in [-0.4, -0.2) is 41.1 Å². The van der Waals surface area contributed by atoms with Crippen molar-refractivity contribution in [1.29, 1.82) is 0 Å². The van der Waals surface area contributed by atoms with E-state index in [2.05, 4.69) is 24.4 Å². The van der Waals surface area contributed by atoms with Crippen LogP contribution >= 0.6 is 0 Å². The molecule has 0 aliphatic rings. The van der Waals surface area contributed by atoms with Crippen LogP contribution in [-0.2, 0) is 14.4 Å². The number of anilines is 2. The first-order valence-electron chi connectivity index (χ1n) is 13.2. The standard InChI is InChI=1S/C28H44N2O5/c1-2-3-4-5-6-7-8-9-10-11-12-13-14-15-16-20-26(31)29-24-18-17-19-25(21-24)30(22-27(32)33)23-28(34)35/h9-10,17-19,21H,2-8,11-16,20,22-23H2,1H3,(H,29,31)(H,32,33)(H,34,35)/b10-9-. The average Bonchev–Trinajstić information content (AvgIpc) is 2.80. The zero-order valence-electron chi connectivity index (χ0n) is 21.3. The summed E-state index contributed by atoms with van der Waals surface area (Å²) in [5, 5.41) is 20.9. The average molecular weight is 489 g/mol. The van der Waals surface area contributed by atoms with Crippen LogP contribution in [0, 0.1) is 0 Å². The molecule has 0 unspecified atom stereocenters. The monoisotopic (exact) mass is 488 g/mol. The summed E-state index contributed by atoms with van der Waals surface area (Å²) in [7, 11) is 0. The smallest absolute Gasteiger partial charge is 0.323 e. The molecule has 0 bridgehead atoms. The summed E-state index contributed by atoms with van der Waals surface area (Å²) in [4.78, 5) is 35.6. The van der Waals surface area contributed by atoms with Crippen LogP contribution in [0.5, 0.6) is 0 Å². The van der Waals surface area contributed by atoms with Crippen LogP contribution in [0.3, 0.4) is 0 Å². The van der Waals surface area contributed by atoms with Crippen molar-refractivity contribution in [2.45, 2.75) is 96.8 Å². The molecule has 0 saturated carbocycles. The normalized spacial score (nSPS) is 11.0. The number of carbonyl (C=O) groups excluding carboxylic acids is 1. The number of aliphatic carboxylic acids is 2. The Morgan fingerprint density at radius 1 is 0.800 bits per heavy atom. The van der Waals surface area contributed by atoms with Crippen molar-refractivity contribution in [2.75, 3.05) is 23.3 Å². The first kappa shape index (κ1) is 30.2. The van der Waals surface area contributed by atoms with E-state index in [0.29, 0.717) is 17.8 Å². The van der Waals surface area contributed by atoms with E-state index in [9.17, 15) is 14.4 Å². The zero-order chi connectivity index (χ0) is 25.7. The highest BCUT2D eigenvalue weighted by molar-refractivity contribution is 5.91. The molecule has 1 amide bonds. The van der Waals surface area contributed by atoms with E-state index in [-0.39, 0.29) is 5.91 Å². The molecule has 7 heteroatoms. The number of carboxylic acids is 2. The molecule has 7 nitrogen and oxygen atoms in total. The lowest BCUT2D eigenvalue weighted by atomic mass is 10.1. The van der Waals surface area contributed by atoms with Crippen LogP contribution in [0.2, 0.25) is 0 Å². The van der Waals surface area contributed by atoms with Gasteiger partial charge in [0.1, 0.15) is 13.1 Å². The van der Waals surface area contributed by atoms with Gasteiger partial charge in [-0.3, -0.25) is 14.4 Å². The number of hydrogen-bond acceptors (Lipinski definition) is 4. The molecule has 0 aliphatic carbocycles. The van der Waals surface area contributed by atoms with Gasteiger partial charge in [-0.25, -0.2) is 0 Å². The third-order valence-electron chi connectivity index (χ3n) is 5.81. The number of nitrogens with one attached hydrogen (secondary N) is 1. The molecule has 0 aromatic heterocycles. The molecule has 0 atom stereocenters. The van der Waals surface area contributed by atoms with Gasteiger partial charge in [0.05, 0.1) is 0 Å². The second-order valence-electron chi connectivity index (χ2n) is 9.08. The predicted molar refractivity (Wildman–Crippen MR) is 142 cm³/mol. The fourth-order valence-corrected chi connectivity index (χ4v) is 3.93. The third kappa shape index (κ3) is 16.4. The molecule has 1 rings (SSSR count). The summed E-state index contributed by atoms with van der Waals surface area (Å²) >= 11 is 0. The first-order valence-corrected chi connectivity index (χ1v) is 13.2. The van der Waals surface area contributed by atoms with Gasteiger partial charge in [-0.1, -0.05) is 76.5 Å². The van der Waals surface area contributed by atoms with Crippen molar-refractivity contribution in [3.8, 4) is 0 Å². The third-order valence-corrected chi connectivity index (χ3v) is 5.81. The second-order valence-corrected chi connectivity index (χ2v) is 9.08. The van der Waals surface area contributed by atoms with Crippen molar-refractivity contribution in [3.05, 3.63) is 36.4 Å². The van der Waals surface area contributed by atoms with Gasteiger partial charge in [0.25, 0.3) is 0 Å². The van der Waals surface area contributed by atoms with Crippen molar-refractivity contribution in [2.24, 2.45) is 0 Å².